The number of nitrogens with zero attached hydrogens (tertiary/aromatic N) is 2. The maximum absolute atomic E-state index is 12.7. The van der Waals surface area contributed by atoms with Crippen molar-refractivity contribution in [2.75, 3.05) is 19.6 Å². The molecule has 1 rings (SSSR count). The molecule has 0 bridgehead atoms. The lowest BCUT2D eigenvalue weighted by Gasteiger charge is -2.20. The third kappa shape index (κ3) is 10.6. The number of carbonyl (C=O) groups excluding carboxylic acids is 1. The molecule has 8 heteroatoms. The van der Waals surface area contributed by atoms with E-state index < -0.39 is 0 Å². The van der Waals surface area contributed by atoms with Gasteiger partial charge in [0.15, 0.2) is 5.96 Å². The Morgan fingerprint density at radius 1 is 1.12 bits per heavy atom. The van der Waals surface area contributed by atoms with E-state index in [1.54, 1.807) is 25.1 Å². The first-order chi connectivity index (χ1) is 15.3. The quantitative estimate of drug-likeness (QED) is 0.140. The van der Waals surface area contributed by atoms with Gasteiger partial charge in [0.1, 0.15) is 0 Å². The van der Waals surface area contributed by atoms with Crippen molar-refractivity contribution in [1.29, 1.82) is 5.41 Å². The smallest absolute Gasteiger partial charge is 0.254 e. The molecule has 0 aromatic heterocycles. The van der Waals surface area contributed by atoms with Crippen LogP contribution in [0.4, 0.5) is 0 Å². The highest BCUT2D eigenvalue weighted by atomic mass is 35.5. The number of allylic oxidation sites excluding steroid dienone is 1. The first-order valence-corrected chi connectivity index (χ1v) is 12.1. The molecule has 0 unspecified atom stereocenters. The van der Waals surface area contributed by atoms with Crippen LogP contribution in [0.25, 0.3) is 0 Å². The van der Waals surface area contributed by atoms with Crippen molar-refractivity contribution >= 4 is 41.3 Å². The Kier molecular flexibility index (Phi) is 13.9. The summed E-state index contributed by atoms with van der Waals surface area (Å²) >= 11 is 11.9. The normalized spacial score (nSPS) is 12.6. The van der Waals surface area contributed by atoms with Crippen LogP contribution in [0.2, 0.25) is 10.0 Å². The summed E-state index contributed by atoms with van der Waals surface area (Å²) in [7, 11) is 0. The van der Waals surface area contributed by atoms with Gasteiger partial charge in [-0.3, -0.25) is 10.1 Å². The molecule has 1 amide bonds. The van der Waals surface area contributed by atoms with Crippen molar-refractivity contribution in [2.24, 2.45) is 10.7 Å². The number of nitrogens with one attached hydrogen (secondary N) is 2. The Morgan fingerprint density at radius 3 is 2.41 bits per heavy atom. The molecule has 0 heterocycles. The van der Waals surface area contributed by atoms with Crippen molar-refractivity contribution in [2.45, 2.75) is 65.8 Å². The van der Waals surface area contributed by atoms with Crippen LogP contribution in [0.1, 0.15) is 64.9 Å². The number of guanidine groups is 1. The summed E-state index contributed by atoms with van der Waals surface area (Å²) in [5.41, 5.74) is 7.96. The first kappa shape index (κ1) is 28.1. The first-order valence-electron chi connectivity index (χ1n) is 11.3. The fourth-order valence-electron chi connectivity index (χ4n) is 3.40. The Labute approximate surface area is 202 Å². The Bertz CT molecular complexity index is 802. The molecule has 0 fully saturated rings. The number of amides is 1. The van der Waals surface area contributed by atoms with Crippen molar-refractivity contribution < 1.29 is 4.79 Å². The summed E-state index contributed by atoms with van der Waals surface area (Å²) in [5.74, 6) is -0.272. The Morgan fingerprint density at radius 2 is 1.81 bits per heavy atom. The van der Waals surface area contributed by atoms with E-state index in [2.05, 4.69) is 29.1 Å². The van der Waals surface area contributed by atoms with Gasteiger partial charge in [0.25, 0.3) is 5.91 Å². The average molecular weight is 483 g/mol. The van der Waals surface area contributed by atoms with Gasteiger partial charge in [0, 0.05) is 11.8 Å². The molecule has 1 aromatic carbocycles. The van der Waals surface area contributed by atoms with Gasteiger partial charge in [-0.1, -0.05) is 49.5 Å². The maximum Gasteiger partial charge on any atom is 0.254 e. The number of unbranched alkanes of at least 4 members (excludes halogenated alkanes) is 2. The zero-order valence-electron chi connectivity index (χ0n) is 19.5. The molecular formula is C24H37Cl2N5O. The number of hydrogen-bond donors (Lipinski definition) is 3. The molecule has 0 spiro atoms. The molecule has 0 saturated heterocycles. The van der Waals surface area contributed by atoms with Gasteiger partial charge in [-0.05, 0) is 81.9 Å². The number of benzene rings is 1. The standard InChI is InChI=1S/C24H37Cl2N5O/c1-4-12-31(13-5-2)14-8-6-7-9-20(18(3)16-27)23(32)30-24(28)29-17-19-10-11-21(25)22(26)15-19/h10-11,15-16,27H,4-9,12-14,17H2,1-3H3,(H3,28,29,30,32)/b20-18+,27-16?. The average Bonchev–Trinajstić information content (AvgIpc) is 2.76. The molecule has 6 nitrogen and oxygen atoms in total. The second-order valence-corrected chi connectivity index (χ2v) is 8.68. The van der Waals surface area contributed by atoms with E-state index in [1.165, 1.54) is 19.1 Å². The summed E-state index contributed by atoms with van der Waals surface area (Å²) in [5, 5.41) is 11.1. The molecule has 4 N–H and O–H groups in total. The molecule has 1 aromatic rings. The van der Waals surface area contributed by atoms with E-state index in [1.807, 2.05) is 0 Å². The van der Waals surface area contributed by atoms with Crippen LogP contribution in [-0.4, -0.2) is 42.6 Å². The van der Waals surface area contributed by atoms with Crippen LogP contribution < -0.4 is 11.1 Å². The zero-order chi connectivity index (χ0) is 23.9. The minimum absolute atomic E-state index is 0.0335. The van der Waals surface area contributed by atoms with Crippen LogP contribution in [0.3, 0.4) is 0 Å². The molecule has 0 aliphatic carbocycles. The molecule has 32 heavy (non-hydrogen) atoms. The van der Waals surface area contributed by atoms with Gasteiger partial charge >= 0.3 is 0 Å². The fourth-order valence-corrected chi connectivity index (χ4v) is 3.73. The molecule has 0 aliphatic heterocycles. The van der Waals surface area contributed by atoms with Gasteiger partial charge in [-0.25, -0.2) is 4.99 Å². The van der Waals surface area contributed by atoms with E-state index in [9.17, 15) is 4.79 Å². The van der Waals surface area contributed by atoms with E-state index in [-0.39, 0.29) is 18.4 Å². The van der Waals surface area contributed by atoms with E-state index >= 15 is 0 Å². The van der Waals surface area contributed by atoms with Gasteiger partial charge in [-0.2, -0.15) is 0 Å². The Hall–Kier alpha value is -1.89. The van der Waals surface area contributed by atoms with E-state index in [0.29, 0.717) is 27.6 Å². The molecule has 0 aliphatic rings. The predicted molar refractivity (Wildman–Crippen MR) is 137 cm³/mol. The number of nitrogens with two attached hydrogens (primary N) is 1. The van der Waals surface area contributed by atoms with Crippen molar-refractivity contribution in [1.82, 2.24) is 10.2 Å². The molecule has 0 radical (unpaired) electrons. The number of hydrogen-bond acceptors (Lipinski definition) is 4. The lowest BCUT2D eigenvalue weighted by Crippen LogP contribution is -2.38. The van der Waals surface area contributed by atoms with Gasteiger partial charge in [0.2, 0.25) is 0 Å². The van der Waals surface area contributed by atoms with Crippen LogP contribution in [0.15, 0.2) is 34.3 Å². The highest BCUT2D eigenvalue weighted by molar-refractivity contribution is 6.42. The second kappa shape index (κ2) is 15.8. The summed E-state index contributed by atoms with van der Waals surface area (Å²) in [6.45, 7) is 9.82. The van der Waals surface area contributed by atoms with E-state index in [0.717, 1.165) is 44.5 Å². The van der Waals surface area contributed by atoms with Gasteiger partial charge < -0.3 is 16.0 Å². The number of halogens is 2. The summed E-state index contributed by atoms with van der Waals surface area (Å²) < 4.78 is 0. The lowest BCUT2D eigenvalue weighted by atomic mass is 10.0. The summed E-state index contributed by atoms with van der Waals surface area (Å²) in [6, 6.07) is 5.22. The molecule has 0 atom stereocenters. The highest BCUT2D eigenvalue weighted by Crippen LogP contribution is 2.22. The SMILES string of the molecule is CCCN(CCC)CCCCC/C(C(=O)NC(N)=NCc1ccc(Cl)c(Cl)c1)=C(/C)C=N. The zero-order valence-corrected chi connectivity index (χ0v) is 21.0. The van der Waals surface area contributed by atoms with Crippen LogP contribution in [-0.2, 0) is 11.3 Å². The van der Waals surface area contributed by atoms with Gasteiger partial charge in [0.05, 0.1) is 16.6 Å². The number of aliphatic imine (C=N–C) groups is 1. The van der Waals surface area contributed by atoms with Gasteiger partial charge in [-0.15, -0.1) is 0 Å². The maximum atomic E-state index is 12.7. The number of rotatable bonds is 14. The van der Waals surface area contributed by atoms with Crippen LogP contribution in [0, 0.1) is 5.41 Å². The van der Waals surface area contributed by atoms with Crippen molar-refractivity contribution in [3.63, 3.8) is 0 Å². The predicted octanol–water partition coefficient (Wildman–Crippen LogP) is 5.57. The summed E-state index contributed by atoms with van der Waals surface area (Å²) in [4.78, 5) is 19.4. The minimum atomic E-state index is -0.306. The van der Waals surface area contributed by atoms with E-state index in [4.69, 9.17) is 34.3 Å². The fraction of sp³-hybridized carbons (Fsp3) is 0.542. The third-order valence-electron chi connectivity index (χ3n) is 5.10. The monoisotopic (exact) mass is 481 g/mol. The third-order valence-corrected chi connectivity index (χ3v) is 5.84. The minimum Gasteiger partial charge on any atom is -0.370 e. The number of carbonyl (C=O) groups is 1. The van der Waals surface area contributed by atoms with Crippen molar-refractivity contribution in [3.05, 3.63) is 45.0 Å². The molecular weight excluding hydrogens is 445 g/mol. The highest BCUT2D eigenvalue weighted by Gasteiger charge is 2.13. The van der Waals surface area contributed by atoms with Crippen LogP contribution in [0.5, 0.6) is 0 Å². The second-order valence-electron chi connectivity index (χ2n) is 7.86. The largest absolute Gasteiger partial charge is 0.370 e. The molecule has 0 saturated carbocycles. The molecule has 178 valence electrons. The van der Waals surface area contributed by atoms with Crippen molar-refractivity contribution in [3.8, 4) is 0 Å². The summed E-state index contributed by atoms with van der Waals surface area (Å²) in [6.07, 6.45) is 7.18. The lowest BCUT2D eigenvalue weighted by molar-refractivity contribution is -0.116. The Balaban J connectivity index is 2.59. The van der Waals surface area contributed by atoms with Crippen LogP contribution >= 0.6 is 23.2 Å². The topological polar surface area (TPSA) is 94.6 Å².